The molecule has 7 nitrogen and oxygen atoms in total. The standard InChI is InChI=1S/C19H21ClFN5O2/c1-11-5-8-26-17(18(27)24(11)2)13-10-25(7-6-16(13)23-26)19(28)22-12-3-4-15(21)14(20)9-12/h3-4,9,11H,5-8,10H2,1-2H3,(H,22,28). The number of benzene rings is 1. The maximum atomic E-state index is 13.3. The van der Waals surface area contributed by atoms with E-state index in [-0.39, 0.29) is 23.0 Å². The number of hydrogen-bond donors (Lipinski definition) is 1. The molecule has 148 valence electrons. The molecule has 0 saturated heterocycles. The number of urea groups is 1. The van der Waals surface area contributed by atoms with Crippen LogP contribution in [-0.4, -0.2) is 51.2 Å². The largest absolute Gasteiger partial charge is 0.338 e. The van der Waals surface area contributed by atoms with E-state index in [9.17, 15) is 14.0 Å². The van der Waals surface area contributed by atoms with Crippen molar-refractivity contribution in [2.75, 3.05) is 18.9 Å². The molecule has 9 heteroatoms. The molecule has 4 rings (SSSR count). The van der Waals surface area contributed by atoms with Crippen molar-refractivity contribution in [2.24, 2.45) is 0 Å². The number of carbonyl (C=O) groups excluding carboxylic acids is 2. The molecule has 1 aromatic carbocycles. The first-order chi connectivity index (χ1) is 13.3. The Hall–Kier alpha value is -2.61. The van der Waals surface area contributed by atoms with E-state index >= 15 is 0 Å². The second kappa shape index (κ2) is 7.09. The van der Waals surface area contributed by atoms with Crippen LogP contribution in [0, 0.1) is 5.82 Å². The Balaban J connectivity index is 1.56. The van der Waals surface area contributed by atoms with Crippen molar-refractivity contribution in [2.45, 2.75) is 38.9 Å². The Kier molecular flexibility index (Phi) is 4.74. The average Bonchev–Trinajstić information content (AvgIpc) is 3.00. The van der Waals surface area contributed by atoms with Crippen LogP contribution in [0.25, 0.3) is 0 Å². The van der Waals surface area contributed by atoms with E-state index in [0.717, 1.165) is 17.7 Å². The summed E-state index contributed by atoms with van der Waals surface area (Å²) in [4.78, 5) is 29.0. The van der Waals surface area contributed by atoms with E-state index in [1.54, 1.807) is 21.5 Å². The maximum Gasteiger partial charge on any atom is 0.322 e. The maximum absolute atomic E-state index is 13.3. The highest BCUT2D eigenvalue weighted by Gasteiger charge is 2.34. The predicted molar refractivity (Wildman–Crippen MR) is 103 cm³/mol. The van der Waals surface area contributed by atoms with Crippen molar-refractivity contribution in [3.8, 4) is 0 Å². The first-order valence-corrected chi connectivity index (χ1v) is 9.59. The van der Waals surface area contributed by atoms with Gasteiger partial charge in [-0.25, -0.2) is 9.18 Å². The predicted octanol–water partition coefficient (Wildman–Crippen LogP) is 3.13. The number of nitrogens with zero attached hydrogens (tertiary/aromatic N) is 4. The molecule has 3 heterocycles. The molecule has 0 spiro atoms. The van der Waals surface area contributed by atoms with Crippen LogP contribution in [0.1, 0.15) is 35.1 Å². The summed E-state index contributed by atoms with van der Waals surface area (Å²) in [6.07, 6.45) is 1.42. The van der Waals surface area contributed by atoms with Gasteiger partial charge in [0.15, 0.2) is 0 Å². The lowest BCUT2D eigenvalue weighted by Crippen LogP contribution is -2.40. The van der Waals surface area contributed by atoms with Gasteiger partial charge in [-0.1, -0.05) is 11.6 Å². The fraction of sp³-hybridized carbons (Fsp3) is 0.421. The third-order valence-corrected chi connectivity index (χ3v) is 5.79. The summed E-state index contributed by atoms with van der Waals surface area (Å²) >= 11 is 5.78. The molecular weight excluding hydrogens is 385 g/mol. The van der Waals surface area contributed by atoms with Crippen LogP contribution >= 0.6 is 11.6 Å². The lowest BCUT2D eigenvalue weighted by Gasteiger charge is -2.28. The first-order valence-electron chi connectivity index (χ1n) is 9.22. The molecule has 0 saturated carbocycles. The Labute approximate surface area is 167 Å². The van der Waals surface area contributed by atoms with Gasteiger partial charge < -0.3 is 15.1 Å². The van der Waals surface area contributed by atoms with Crippen molar-refractivity contribution >= 4 is 29.2 Å². The molecule has 0 bridgehead atoms. The molecule has 0 aliphatic carbocycles. The summed E-state index contributed by atoms with van der Waals surface area (Å²) in [5.74, 6) is -0.604. The van der Waals surface area contributed by atoms with E-state index in [1.807, 2.05) is 6.92 Å². The number of aryl methyl sites for hydroxylation is 1. The summed E-state index contributed by atoms with van der Waals surface area (Å²) in [5, 5.41) is 7.30. The van der Waals surface area contributed by atoms with Crippen molar-refractivity contribution in [1.29, 1.82) is 0 Å². The van der Waals surface area contributed by atoms with Gasteiger partial charge in [-0.2, -0.15) is 5.10 Å². The molecule has 0 fully saturated rings. The van der Waals surface area contributed by atoms with Crippen LogP contribution in [0.3, 0.4) is 0 Å². The van der Waals surface area contributed by atoms with Crippen molar-refractivity contribution in [1.82, 2.24) is 19.6 Å². The monoisotopic (exact) mass is 405 g/mol. The topological polar surface area (TPSA) is 70.5 Å². The van der Waals surface area contributed by atoms with Crippen LogP contribution in [0.5, 0.6) is 0 Å². The van der Waals surface area contributed by atoms with E-state index in [2.05, 4.69) is 10.4 Å². The van der Waals surface area contributed by atoms with Crippen LogP contribution in [-0.2, 0) is 19.5 Å². The highest BCUT2D eigenvalue weighted by molar-refractivity contribution is 6.31. The SMILES string of the molecule is CC1CCn2nc3c(c2C(=O)N1C)CN(C(=O)Nc1ccc(F)c(Cl)c1)CC3. The summed E-state index contributed by atoms with van der Waals surface area (Å²) in [7, 11) is 1.80. The number of halogens is 2. The fourth-order valence-corrected chi connectivity index (χ4v) is 3.83. The van der Waals surface area contributed by atoms with Crippen LogP contribution in [0.4, 0.5) is 14.9 Å². The van der Waals surface area contributed by atoms with Gasteiger partial charge >= 0.3 is 6.03 Å². The fourth-order valence-electron chi connectivity index (χ4n) is 3.65. The second-order valence-electron chi connectivity index (χ2n) is 7.28. The average molecular weight is 406 g/mol. The number of rotatable bonds is 1. The van der Waals surface area contributed by atoms with Gasteiger partial charge in [0.2, 0.25) is 0 Å². The van der Waals surface area contributed by atoms with Gasteiger partial charge in [0.1, 0.15) is 11.5 Å². The van der Waals surface area contributed by atoms with Gasteiger partial charge in [-0.3, -0.25) is 9.48 Å². The summed E-state index contributed by atoms with van der Waals surface area (Å²) < 4.78 is 15.1. The number of amides is 3. The zero-order chi connectivity index (χ0) is 20.0. The summed E-state index contributed by atoms with van der Waals surface area (Å²) in [6, 6.07) is 3.85. The van der Waals surface area contributed by atoms with Crippen LogP contribution in [0.15, 0.2) is 18.2 Å². The molecule has 1 unspecified atom stereocenters. The van der Waals surface area contributed by atoms with Gasteiger partial charge in [0.25, 0.3) is 5.91 Å². The second-order valence-corrected chi connectivity index (χ2v) is 7.69. The molecule has 1 aromatic heterocycles. The Bertz CT molecular complexity index is 960. The van der Waals surface area contributed by atoms with E-state index in [1.165, 1.54) is 18.2 Å². The smallest absolute Gasteiger partial charge is 0.322 e. The number of nitrogens with one attached hydrogen (secondary N) is 1. The highest BCUT2D eigenvalue weighted by atomic mass is 35.5. The van der Waals surface area contributed by atoms with Gasteiger partial charge in [0.05, 0.1) is 17.3 Å². The van der Waals surface area contributed by atoms with E-state index in [4.69, 9.17) is 11.6 Å². The Morgan fingerprint density at radius 3 is 2.89 bits per heavy atom. The molecule has 1 N–H and O–H groups in total. The molecule has 2 aromatic rings. The molecule has 3 amide bonds. The Morgan fingerprint density at radius 1 is 1.36 bits per heavy atom. The van der Waals surface area contributed by atoms with Crippen LogP contribution < -0.4 is 5.32 Å². The number of anilines is 1. The molecule has 2 aliphatic heterocycles. The quantitative estimate of drug-likeness (QED) is 0.792. The molecular formula is C19H21ClFN5O2. The van der Waals surface area contributed by atoms with E-state index < -0.39 is 5.82 Å². The highest BCUT2D eigenvalue weighted by Crippen LogP contribution is 2.27. The Morgan fingerprint density at radius 2 is 2.14 bits per heavy atom. The number of fused-ring (bicyclic) bond motifs is 3. The van der Waals surface area contributed by atoms with Crippen molar-refractivity contribution < 1.29 is 14.0 Å². The normalized spacial score (nSPS) is 19.1. The summed E-state index contributed by atoms with van der Waals surface area (Å²) in [6.45, 7) is 3.49. The first kappa shape index (κ1) is 18.7. The number of aromatic nitrogens is 2. The zero-order valence-electron chi connectivity index (χ0n) is 15.7. The lowest BCUT2D eigenvalue weighted by molar-refractivity contribution is 0.0742. The molecule has 28 heavy (non-hydrogen) atoms. The summed E-state index contributed by atoms with van der Waals surface area (Å²) in [5.41, 5.74) is 2.68. The van der Waals surface area contributed by atoms with Gasteiger partial charge in [-0.15, -0.1) is 0 Å². The number of hydrogen-bond acceptors (Lipinski definition) is 3. The van der Waals surface area contributed by atoms with Gasteiger partial charge in [0, 0.05) is 43.9 Å². The third-order valence-electron chi connectivity index (χ3n) is 5.50. The zero-order valence-corrected chi connectivity index (χ0v) is 16.5. The lowest BCUT2D eigenvalue weighted by atomic mass is 10.0. The van der Waals surface area contributed by atoms with Crippen molar-refractivity contribution in [3.05, 3.63) is 46.0 Å². The van der Waals surface area contributed by atoms with Gasteiger partial charge in [-0.05, 0) is 31.5 Å². The minimum Gasteiger partial charge on any atom is -0.338 e. The van der Waals surface area contributed by atoms with Crippen LogP contribution in [0.2, 0.25) is 5.02 Å². The third kappa shape index (κ3) is 3.22. The molecule has 1 atom stereocenters. The van der Waals surface area contributed by atoms with E-state index in [0.29, 0.717) is 37.4 Å². The van der Waals surface area contributed by atoms with Crippen molar-refractivity contribution in [3.63, 3.8) is 0 Å². The molecule has 2 aliphatic rings. The minimum atomic E-state index is -0.540. The molecule has 0 radical (unpaired) electrons. The number of carbonyl (C=O) groups is 2. The minimum absolute atomic E-state index is 0.0524.